The number of alkyl halides is 3. The number of anilines is 1. The van der Waals surface area contributed by atoms with E-state index in [-0.39, 0.29) is 18.5 Å². The van der Waals surface area contributed by atoms with E-state index < -0.39 is 46.2 Å². The molecule has 2 aromatic rings. The van der Waals surface area contributed by atoms with E-state index in [1.807, 2.05) is 5.32 Å². The molecule has 3 rings (SSSR count). The van der Waals surface area contributed by atoms with E-state index in [1.54, 1.807) is 23.3 Å². The molecule has 1 aromatic carbocycles. The van der Waals surface area contributed by atoms with Gasteiger partial charge in [-0.05, 0) is 18.6 Å². The number of para-hydroxylation sites is 1. The van der Waals surface area contributed by atoms with Gasteiger partial charge in [-0.3, -0.25) is 19.4 Å². The summed E-state index contributed by atoms with van der Waals surface area (Å²) in [5.74, 6) is -3.36. The number of fused-ring (bicyclic) bond motifs is 1. The Morgan fingerprint density at radius 3 is 2.39 bits per heavy atom. The predicted octanol–water partition coefficient (Wildman–Crippen LogP) is 1.15. The molecule has 0 fully saturated rings. The van der Waals surface area contributed by atoms with Crippen LogP contribution in [0, 0.1) is 0 Å². The molecule has 2 heterocycles. The van der Waals surface area contributed by atoms with Gasteiger partial charge in [0.1, 0.15) is 11.4 Å². The fourth-order valence-corrected chi connectivity index (χ4v) is 3.10. The second-order valence-corrected chi connectivity index (χ2v) is 6.15. The van der Waals surface area contributed by atoms with Gasteiger partial charge in [-0.25, -0.2) is 9.36 Å². The van der Waals surface area contributed by atoms with E-state index in [0.29, 0.717) is 0 Å². The Labute approximate surface area is 155 Å². The molecule has 3 N–H and O–H groups in total. The van der Waals surface area contributed by atoms with Crippen LogP contribution in [0.2, 0.25) is 0 Å². The first-order chi connectivity index (χ1) is 13.1. The maximum Gasteiger partial charge on any atom is 0.425 e. The lowest BCUT2D eigenvalue weighted by Gasteiger charge is -2.30. The van der Waals surface area contributed by atoms with Crippen LogP contribution in [0.3, 0.4) is 0 Å². The molecular weight excluding hydrogens is 381 g/mol. The molecule has 0 bridgehead atoms. The highest BCUT2D eigenvalue weighted by molar-refractivity contribution is 6.07. The first-order valence-corrected chi connectivity index (χ1v) is 8.28. The van der Waals surface area contributed by atoms with Crippen LogP contribution in [-0.4, -0.2) is 27.5 Å². The number of rotatable bonds is 4. The summed E-state index contributed by atoms with van der Waals surface area (Å²) >= 11 is 0. The lowest BCUT2D eigenvalue weighted by atomic mass is 9.91. The number of amides is 2. The van der Waals surface area contributed by atoms with E-state index in [2.05, 4.69) is 0 Å². The van der Waals surface area contributed by atoms with Crippen molar-refractivity contribution < 1.29 is 22.8 Å². The first kappa shape index (κ1) is 19.4. The number of aromatic nitrogens is 2. The van der Waals surface area contributed by atoms with Crippen LogP contribution in [0.15, 0.2) is 39.9 Å². The summed E-state index contributed by atoms with van der Waals surface area (Å²) in [7, 11) is 0. The SMILES string of the molecule is CCCC(=O)NC1(C(F)(F)F)C(=O)Nc2c1c(=O)[nH]c(=O)n2-c1ccccc1. The second kappa shape index (κ2) is 6.66. The number of halogens is 3. The maximum absolute atomic E-state index is 14.0. The third-order valence-electron chi connectivity index (χ3n) is 4.30. The maximum atomic E-state index is 14.0. The minimum Gasteiger partial charge on any atom is -0.330 e. The molecule has 0 aliphatic carbocycles. The Morgan fingerprint density at radius 2 is 1.82 bits per heavy atom. The zero-order valence-corrected chi connectivity index (χ0v) is 14.5. The summed E-state index contributed by atoms with van der Waals surface area (Å²) in [4.78, 5) is 50.9. The monoisotopic (exact) mass is 396 g/mol. The zero-order chi connectivity index (χ0) is 20.7. The van der Waals surface area contributed by atoms with Gasteiger partial charge in [0.15, 0.2) is 0 Å². The molecule has 1 atom stereocenters. The van der Waals surface area contributed by atoms with Crippen molar-refractivity contribution in [1.29, 1.82) is 0 Å². The van der Waals surface area contributed by atoms with Gasteiger partial charge < -0.3 is 10.6 Å². The molecule has 1 aliphatic heterocycles. The molecule has 0 saturated carbocycles. The van der Waals surface area contributed by atoms with Crippen LogP contribution in [0.5, 0.6) is 0 Å². The standard InChI is InChI=1S/C17H15F3N4O4/c1-2-6-10(25)23-16(17(18,19)20)11-12(21-14(16)27)24(15(28)22-13(11)26)9-7-4-3-5-8-9/h3-5,7-8H,2,6H2,1H3,(H,21,27)(H,23,25)(H,22,26,28). The first-order valence-electron chi connectivity index (χ1n) is 8.28. The van der Waals surface area contributed by atoms with Gasteiger partial charge in [0, 0.05) is 6.42 Å². The number of hydrogen-bond acceptors (Lipinski definition) is 4. The largest absolute Gasteiger partial charge is 0.425 e. The number of benzene rings is 1. The van der Waals surface area contributed by atoms with Crippen molar-refractivity contribution in [2.45, 2.75) is 31.5 Å². The third-order valence-corrected chi connectivity index (χ3v) is 4.30. The molecular formula is C17H15F3N4O4. The van der Waals surface area contributed by atoms with Crippen molar-refractivity contribution in [2.24, 2.45) is 0 Å². The van der Waals surface area contributed by atoms with Gasteiger partial charge in [-0.15, -0.1) is 0 Å². The molecule has 0 saturated heterocycles. The van der Waals surface area contributed by atoms with E-state index in [1.165, 1.54) is 24.3 Å². The Balaban J connectivity index is 2.35. The molecule has 2 amide bonds. The minimum absolute atomic E-state index is 0.123. The summed E-state index contributed by atoms with van der Waals surface area (Å²) in [5, 5.41) is 3.63. The number of hydrogen-bond donors (Lipinski definition) is 3. The van der Waals surface area contributed by atoms with Gasteiger partial charge in [-0.2, -0.15) is 13.2 Å². The van der Waals surface area contributed by atoms with Crippen molar-refractivity contribution in [2.75, 3.05) is 5.32 Å². The number of carbonyl (C=O) groups is 2. The highest BCUT2D eigenvalue weighted by Gasteiger charge is 2.68. The fourth-order valence-electron chi connectivity index (χ4n) is 3.10. The Hall–Kier alpha value is -3.37. The summed E-state index contributed by atoms with van der Waals surface area (Å²) in [6.07, 6.45) is -5.39. The smallest absolute Gasteiger partial charge is 0.330 e. The Bertz CT molecular complexity index is 1060. The molecule has 0 spiro atoms. The van der Waals surface area contributed by atoms with Crippen LogP contribution in [0.4, 0.5) is 19.0 Å². The molecule has 148 valence electrons. The predicted molar refractivity (Wildman–Crippen MR) is 92.1 cm³/mol. The van der Waals surface area contributed by atoms with Crippen molar-refractivity contribution in [1.82, 2.24) is 14.9 Å². The van der Waals surface area contributed by atoms with Crippen molar-refractivity contribution in [3.05, 3.63) is 56.7 Å². The van der Waals surface area contributed by atoms with Gasteiger partial charge >= 0.3 is 11.9 Å². The van der Waals surface area contributed by atoms with E-state index >= 15 is 0 Å². The highest BCUT2D eigenvalue weighted by atomic mass is 19.4. The number of nitrogens with one attached hydrogen (secondary N) is 3. The third kappa shape index (κ3) is 2.79. The molecule has 8 nitrogen and oxygen atoms in total. The summed E-state index contributed by atoms with van der Waals surface area (Å²) in [5.41, 5.74) is -7.02. The van der Waals surface area contributed by atoms with Crippen molar-refractivity contribution in [3.63, 3.8) is 0 Å². The summed E-state index contributed by atoms with van der Waals surface area (Å²) in [6.45, 7) is 1.57. The topological polar surface area (TPSA) is 113 Å². The lowest BCUT2D eigenvalue weighted by Crippen LogP contribution is -2.62. The number of aromatic amines is 1. The van der Waals surface area contributed by atoms with Crippen LogP contribution < -0.4 is 21.9 Å². The van der Waals surface area contributed by atoms with Gasteiger partial charge in [-0.1, -0.05) is 25.1 Å². The zero-order valence-electron chi connectivity index (χ0n) is 14.5. The molecule has 28 heavy (non-hydrogen) atoms. The molecule has 1 aliphatic rings. The van der Waals surface area contributed by atoms with Crippen LogP contribution in [0.25, 0.3) is 5.69 Å². The van der Waals surface area contributed by atoms with Crippen LogP contribution in [0.1, 0.15) is 25.3 Å². The van der Waals surface area contributed by atoms with Crippen LogP contribution in [-0.2, 0) is 15.1 Å². The van der Waals surface area contributed by atoms with E-state index in [0.717, 1.165) is 4.57 Å². The fraction of sp³-hybridized carbons (Fsp3) is 0.294. The van der Waals surface area contributed by atoms with Crippen molar-refractivity contribution in [3.8, 4) is 5.69 Å². The van der Waals surface area contributed by atoms with E-state index in [9.17, 15) is 32.3 Å². The average Bonchev–Trinajstić information content (AvgIpc) is 2.89. The molecule has 1 aromatic heterocycles. The highest BCUT2D eigenvalue weighted by Crippen LogP contribution is 2.45. The summed E-state index contributed by atoms with van der Waals surface area (Å²) < 4.78 is 42.9. The molecule has 1 unspecified atom stereocenters. The van der Waals surface area contributed by atoms with Gasteiger partial charge in [0.25, 0.3) is 11.5 Å². The lowest BCUT2D eigenvalue weighted by molar-refractivity contribution is -0.200. The molecule has 11 heteroatoms. The summed E-state index contributed by atoms with van der Waals surface area (Å²) in [6, 6.07) is 7.49. The average molecular weight is 396 g/mol. The van der Waals surface area contributed by atoms with E-state index in [4.69, 9.17) is 0 Å². The quantitative estimate of drug-likeness (QED) is 0.720. The minimum atomic E-state index is -5.34. The van der Waals surface area contributed by atoms with Crippen molar-refractivity contribution >= 4 is 17.6 Å². The normalized spacial score (nSPS) is 18.5. The van der Waals surface area contributed by atoms with Gasteiger partial charge in [0.2, 0.25) is 11.4 Å². The Kier molecular flexibility index (Phi) is 4.61. The number of carbonyl (C=O) groups excluding carboxylic acids is 2. The van der Waals surface area contributed by atoms with Gasteiger partial charge in [0.05, 0.1) is 5.69 Å². The molecule has 0 radical (unpaired) electrons. The number of H-pyrrole nitrogens is 1. The Morgan fingerprint density at radius 1 is 1.18 bits per heavy atom. The van der Waals surface area contributed by atoms with Crippen LogP contribution >= 0.6 is 0 Å². The number of nitrogens with zero attached hydrogens (tertiary/aromatic N) is 1. The second-order valence-electron chi connectivity index (χ2n) is 6.15.